The van der Waals surface area contributed by atoms with Crippen molar-refractivity contribution in [1.82, 2.24) is 25.6 Å². The zero-order valence-corrected chi connectivity index (χ0v) is 16.3. The lowest BCUT2D eigenvalue weighted by Crippen LogP contribution is -2.34. The second-order valence-corrected chi connectivity index (χ2v) is 6.90. The lowest BCUT2D eigenvalue weighted by atomic mass is 10.1. The smallest absolute Gasteiger partial charge is 0.419 e. The van der Waals surface area contributed by atoms with Crippen LogP contribution in [0.2, 0.25) is 0 Å². The van der Waals surface area contributed by atoms with E-state index in [1.54, 1.807) is 0 Å². The van der Waals surface area contributed by atoms with Gasteiger partial charge in [0.25, 0.3) is 0 Å². The Morgan fingerprint density at radius 2 is 2.03 bits per heavy atom. The molecule has 3 N–H and O–H groups in total. The number of anilines is 1. The Balaban J connectivity index is 1.44. The van der Waals surface area contributed by atoms with Crippen LogP contribution < -0.4 is 20.7 Å². The summed E-state index contributed by atoms with van der Waals surface area (Å²) in [5.41, 5.74) is -0.603. The number of hydrogen-bond acceptors (Lipinski definition) is 7. The van der Waals surface area contributed by atoms with E-state index >= 15 is 0 Å². The number of aromatic nitrogens is 3. The molecule has 2 heterocycles. The predicted octanol–water partition coefficient (Wildman–Crippen LogP) is 3.16. The molecule has 0 bridgehead atoms. The van der Waals surface area contributed by atoms with Gasteiger partial charge in [0.2, 0.25) is 5.88 Å². The highest BCUT2D eigenvalue weighted by Gasteiger charge is 2.34. The first-order valence-corrected chi connectivity index (χ1v) is 9.36. The summed E-state index contributed by atoms with van der Waals surface area (Å²) in [5.74, 6) is -1.02. The van der Waals surface area contributed by atoms with Crippen LogP contribution >= 0.6 is 11.3 Å². The Morgan fingerprint density at radius 1 is 1.23 bits per heavy atom. The molecule has 0 fully saturated rings. The lowest BCUT2D eigenvalue weighted by Gasteiger charge is -2.11. The molecule has 0 aliphatic heterocycles. The fourth-order valence-corrected chi connectivity index (χ4v) is 3.27. The summed E-state index contributed by atoms with van der Waals surface area (Å²) in [5, 5.41) is 8.32. The number of hydrogen-bond donors (Lipinski definition) is 3. The molecule has 3 rings (SSSR count). The van der Waals surface area contributed by atoms with Crippen LogP contribution in [-0.4, -0.2) is 41.2 Å². The SMILES string of the molecule is COc1ncnc2sc(NC(=O)NCCNCc3ccc(F)c(C(F)(F)F)c3)nc12. The maximum Gasteiger partial charge on any atom is 0.419 e. The average molecular weight is 444 g/mol. The van der Waals surface area contributed by atoms with Gasteiger partial charge in [0, 0.05) is 19.6 Å². The van der Waals surface area contributed by atoms with Crippen molar-refractivity contribution in [3.8, 4) is 5.88 Å². The van der Waals surface area contributed by atoms with Gasteiger partial charge in [-0.2, -0.15) is 18.2 Å². The van der Waals surface area contributed by atoms with Crippen molar-refractivity contribution in [2.24, 2.45) is 0 Å². The van der Waals surface area contributed by atoms with Gasteiger partial charge >= 0.3 is 12.2 Å². The van der Waals surface area contributed by atoms with Crippen LogP contribution in [0, 0.1) is 5.82 Å². The molecule has 0 aliphatic rings. The number of ether oxygens (including phenoxy) is 1. The fourth-order valence-electron chi connectivity index (χ4n) is 2.47. The van der Waals surface area contributed by atoms with Crippen LogP contribution in [0.3, 0.4) is 0 Å². The number of halogens is 4. The molecule has 2 amide bonds. The van der Waals surface area contributed by atoms with Crippen molar-refractivity contribution < 1.29 is 27.1 Å². The van der Waals surface area contributed by atoms with Crippen molar-refractivity contribution in [2.75, 3.05) is 25.5 Å². The minimum Gasteiger partial charge on any atom is -0.479 e. The molecule has 0 aliphatic carbocycles. The van der Waals surface area contributed by atoms with E-state index in [1.807, 2.05) is 0 Å². The van der Waals surface area contributed by atoms with E-state index in [9.17, 15) is 22.4 Å². The van der Waals surface area contributed by atoms with Gasteiger partial charge in [0.1, 0.15) is 12.1 Å². The third-order valence-corrected chi connectivity index (χ3v) is 4.71. The maximum absolute atomic E-state index is 13.3. The molecule has 0 radical (unpaired) electrons. The number of urea groups is 1. The number of rotatable bonds is 7. The normalized spacial score (nSPS) is 11.5. The minimum atomic E-state index is -4.75. The van der Waals surface area contributed by atoms with Gasteiger partial charge in [0.05, 0.1) is 12.7 Å². The second-order valence-electron chi connectivity index (χ2n) is 5.93. The maximum atomic E-state index is 13.3. The van der Waals surface area contributed by atoms with Gasteiger partial charge in [-0.25, -0.2) is 19.2 Å². The van der Waals surface area contributed by atoms with E-state index in [0.29, 0.717) is 21.4 Å². The molecule has 13 heteroatoms. The Morgan fingerprint density at radius 3 is 2.77 bits per heavy atom. The van der Waals surface area contributed by atoms with Crippen LogP contribution in [0.25, 0.3) is 10.3 Å². The highest BCUT2D eigenvalue weighted by atomic mass is 32.1. The summed E-state index contributed by atoms with van der Waals surface area (Å²) >= 11 is 1.15. The monoisotopic (exact) mass is 444 g/mol. The summed E-state index contributed by atoms with van der Waals surface area (Å²) in [4.78, 5) is 24.7. The Hall–Kier alpha value is -3.06. The fraction of sp³-hybridized carbons (Fsp3) is 0.294. The predicted molar refractivity (Wildman–Crippen MR) is 102 cm³/mol. The standard InChI is InChI=1S/C17H16F4N6O2S/c1-29-13-12-14(25-8-24-13)30-16(26-12)27-15(28)23-5-4-22-7-9-2-3-11(18)10(6-9)17(19,20)21/h2-3,6,8,22H,4-5,7H2,1H3,(H2,23,26,27,28). The minimum absolute atomic E-state index is 0.0863. The highest BCUT2D eigenvalue weighted by Crippen LogP contribution is 2.32. The lowest BCUT2D eigenvalue weighted by molar-refractivity contribution is -0.140. The van der Waals surface area contributed by atoms with Gasteiger partial charge in [-0.05, 0) is 17.7 Å². The number of alkyl halides is 3. The molecule has 8 nitrogen and oxygen atoms in total. The van der Waals surface area contributed by atoms with Crippen LogP contribution in [0.5, 0.6) is 5.88 Å². The third-order valence-electron chi connectivity index (χ3n) is 3.83. The molecule has 0 atom stereocenters. The number of amides is 2. The zero-order chi connectivity index (χ0) is 21.7. The molecule has 0 spiro atoms. The number of methoxy groups -OCH3 is 1. The molecule has 160 valence electrons. The van der Waals surface area contributed by atoms with Gasteiger partial charge in [-0.3, -0.25) is 5.32 Å². The molecule has 1 aromatic carbocycles. The van der Waals surface area contributed by atoms with E-state index in [-0.39, 0.29) is 25.2 Å². The largest absolute Gasteiger partial charge is 0.479 e. The van der Waals surface area contributed by atoms with Gasteiger partial charge in [0.15, 0.2) is 15.5 Å². The van der Waals surface area contributed by atoms with Crippen molar-refractivity contribution in [2.45, 2.75) is 12.7 Å². The Labute approximate surface area is 171 Å². The average Bonchev–Trinajstić information content (AvgIpc) is 3.10. The van der Waals surface area contributed by atoms with Crippen LogP contribution in [-0.2, 0) is 12.7 Å². The second kappa shape index (κ2) is 9.17. The summed E-state index contributed by atoms with van der Waals surface area (Å²) in [6.45, 7) is 0.571. The Bertz CT molecular complexity index is 1040. The Kier molecular flexibility index (Phi) is 6.62. The number of carbonyl (C=O) groups is 1. The van der Waals surface area contributed by atoms with Crippen LogP contribution in [0.1, 0.15) is 11.1 Å². The molecule has 0 saturated carbocycles. The van der Waals surface area contributed by atoms with Gasteiger partial charge in [-0.1, -0.05) is 17.4 Å². The first-order valence-electron chi connectivity index (χ1n) is 8.54. The molecule has 2 aromatic heterocycles. The third kappa shape index (κ3) is 5.30. The van der Waals surface area contributed by atoms with Crippen molar-refractivity contribution in [1.29, 1.82) is 0 Å². The number of thiazole rings is 1. The molecule has 0 unspecified atom stereocenters. The van der Waals surface area contributed by atoms with E-state index in [0.717, 1.165) is 23.5 Å². The molecular weight excluding hydrogens is 428 g/mol. The van der Waals surface area contributed by atoms with Crippen molar-refractivity contribution in [3.05, 3.63) is 41.5 Å². The van der Waals surface area contributed by atoms with Crippen LogP contribution in [0.4, 0.5) is 27.5 Å². The number of carbonyl (C=O) groups excluding carboxylic acids is 1. The quantitative estimate of drug-likeness (QED) is 0.382. The van der Waals surface area contributed by atoms with E-state index < -0.39 is 23.6 Å². The van der Waals surface area contributed by atoms with Gasteiger partial charge in [-0.15, -0.1) is 0 Å². The number of fused-ring (bicyclic) bond motifs is 1. The number of nitrogens with one attached hydrogen (secondary N) is 3. The molecule has 30 heavy (non-hydrogen) atoms. The number of benzene rings is 1. The van der Waals surface area contributed by atoms with E-state index in [4.69, 9.17) is 4.74 Å². The first-order chi connectivity index (χ1) is 14.3. The number of nitrogens with zero attached hydrogens (tertiary/aromatic N) is 3. The summed E-state index contributed by atoms with van der Waals surface area (Å²) in [6.07, 6.45) is -3.43. The van der Waals surface area contributed by atoms with Crippen LogP contribution in [0.15, 0.2) is 24.5 Å². The topological polar surface area (TPSA) is 101 Å². The van der Waals surface area contributed by atoms with Crippen molar-refractivity contribution >= 4 is 32.8 Å². The van der Waals surface area contributed by atoms with Crippen molar-refractivity contribution in [3.63, 3.8) is 0 Å². The first kappa shape index (κ1) is 21.6. The summed E-state index contributed by atoms with van der Waals surface area (Å²) in [7, 11) is 1.45. The molecule has 3 aromatic rings. The molecule has 0 saturated heterocycles. The van der Waals surface area contributed by atoms with E-state index in [2.05, 4.69) is 30.9 Å². The summed E-state index contributed by atoms with van der Waals surface area (Å²) in [6, 6.07) is 2.29. The van der Waals surface area contributed by atoms with E-state index in [1.165, 1.54) is 19.5 Å². The summed E-state index contributed by atoms with van der Waals surface area (Å²) < 4.78 is 56.5. The van der Waals surface area contributed by atoms with Gasteiger partial charge < -0.3 is 15.4 Å². The highest BCUT2D eigenvalue weighted by molar-refractivity contribution is 7.22. The molecular formula is C17H16F4N6O2S. The zero-order valence-electron chi connectivity index (χ0n) is 15.5.